The van der Waals surface area contributed by atoms with Gasteiger partial charge in [0.15, 0.2) is 6.54 Å². The number of nitrogens with one attached hydrogen (secondary N) is 3. The van der Waals surface area contributed by atoms with Crippen molar-refractivity contribution in [2.45, 2.75) is 19.0 Å². The van der Waals surface area contributed by atoms with Crippen molar-refractivity contribution in [3.8, 4) is 0 Å². The van der Waals surface area contributed by atoms with E-state index in [4.69, 9.17) is 4.74 Å². The molecular formula is C25H36N4O2+2. The van der Waals surface area contributed by atoms with Gasteiger partial charge in [0, 0.05) is 11.3 Å². The number of rotatable bonds is 7. The van der Waals surface area contributed by atoms with E-state index < -0.39 is 0 Å². The Kier molecular flexibility index (Phi) is 7.57. The van der Waals surface area contributed by atoms with Gasteiger partial charge in [0.25, 0.3) is 5.91 Å². The van der Waals surface area contributed by atoms with Crippen molar-refractivity contribution in [1.29, 1.82) is 0 Å². The molecule has 0 aliphatic carbocycles. The molecule has 2 heterocycles. The minimum absolute atomic E-state index is 0.0769. The largest absolute Gasteiger partial charge is 0.370 e. The molecule has 2 fully saturated rings. The quantitative estimate of drug-likeness (QED) is 0.565. The van der Waals surface area contributed by atoms with E-state index >= 15 is 0 Å². The fourth-order valence-electron chi connectivity index (χ4n) is 4.99. The summed E-state index contributed by atoms with van der Waals surface area (Å²) in [4.78, 5) is 18.2. The molecule has 1 amide bonds. The number of carbonyl (C=O) groups is 1. The number of hydrogen-bond acceptors (Lipinski definition) is 3. The van der Waals surface area contributed by atoms with Crippen molar-refractivity contribution in [2.24, 2.45) is 0 Å². The maximum absolute atomic E-state index is 12.9. The van der Waals surface area contributed by atoms with Crippen molar-refractivity contribution < 1.29 is 19.3 Å². The monoisotopic (exact) mass is 424 g/mol. The fraction of sp³-hybridized carbons (Fsp3) is 0.480. The second-order valence-corrected chi connectivity index (χ2v) is 8.76. The molecule has 4 rings (SSSR count). The fourth-order valence-corrected chi connectivity index (χ4v) is 4.99. The number of amides is 1. The standard InChI is InChI=1S/C25H34N4O2/c1-21(25(22-8-4-2-5-9-22)29-16-18-31-19-17-29)26-24(30)20-27-12-14-28(15-13-27)23-10-6-3-7-11-23/h2-11,21,25H,12-20H2,1H3,(H,26,30)/p+2/t21-,25-/m1/s1. The molecule has 2 aliphatic rings. The van der Waals surface area contributed by atoms with Crippen LogP contribution < -0.4 is 20.0 Å². The molecule has 0 radical (unpaired) electrons. The van der Waals surface area contributed by atoms with Crippen LogP contribution in [0.15, 0.2) is 60.7 Å². The highest BCUT2D eigenvalue weighted by molar-refractivity contribution is 5.77. The molecule has 2 atom stereocenters. The van der Waals surface area contributed by atoms with Crippen LogP contribution in [-0.2, 0) is 9.53 Å². The summed E-state index contributed by atoms with van der Waals surface area (Å²) in [6.07, 6.45) is 0. The van der Waals surface area contributed by atoms with E-state index in [1.54, 1.807) is 0 Å². The van der Waals surface area contributed by atoms with Crippen molar-refractivity contribution in [3.05, 3.63) is 66.2 Å². The van der Waals surface area contributed by atoms with Crippen LogP contribution in [0, 0.1) is 0 Å². The van der Waals surface area contributed by atoms with Gasteiger partial charge in [0.05, 0.1) is 45.4 Å². The van der Waals surface area contributed by atoms with Crippen LogP contribution in [-0.4, -0.2) is 71.0 Å². The smallest absolute Gasteiger partial charge is 0.275 e. The summed E-state index contributed by atoms with van der Waals surface area (Å²) in [5.74, 6) is 0.157. The van der Waals surface area contributed by atoms with Gasteiger partial charge < -0.3 is 24.8 Å². The third-order valence-corrected chi connectivity index (χ3v) is 6.62. The van der Waals surface area contributed by atoms with Crippen LogP contribution >= 0.6 is 0 Å². The topological polar surface area (TPSA) is 50.5 Å². The summed E-state index contributed by atoms with van der Waals surface area (Å²) in [7, 11) is 0. The summed E-state index contributed by atoms with van der Waals surface area (Å²) in [6, 6.07) is 21.5. The van der Waals surface area contributed by atoms with Gasteiger partial charge in [-0.25, -0.2) is 0 Å². The average molecular weight is 425 g/mol. The normalized spacial score (nSPS) is 20.2. The molecule has 2 saturated heterocycles. The Morgan fingerprint density at radius 3 is 2.23 bits per heavy atom. The number of benzene rings is 2. The number of ether oxygens (including phenoxy) is 1. The predicted octanol–water partition coefficient (Wildman–Crippen LogP) is -0.447. The van der Waals surface area contributed by atoms with E-state index in [9.17, 15) is 4.79 Å². The molecule has 0 aromatic heterocycles. The summed E-state index contributed by atoms with van der Waals surface area (Å²) in [6.45, 7) is 10.2. The zero-order valence-corrected chi connectivity index (χ0v) is 18.6. The Morgan fingerprint density at radius 1 is 0.968 bits per heavy atom. The number of carbonyl (C=O) groups excluding carboxylic acids is 1. The van der Waals surface area contributed by atoms with E-state index in [0.29, 0.717) is 6.54 Å². The van der Waals surface area contributed by atoms with Crippen LogP contribution in [0.1, 0.15) is 18.5 Å². The number of piperazine rings is 1. The van der Waals surface area contributed by atoms with Crippen LogP contribution in [0.4, 0.5) is 5.69 Å². The molecule has 31 heavy (non-hydrogen) atoms. The van der Waals surface area contributed by atoms with Crippen LogP contribution in [0.2, 0.25) is 0 Å². The Labute approximate surface area is 185 Å². The molecule has 6 heteroatoms. The SMILES string of the molecule is C[C@@H](NC(=O)C[NH+]1CCN(c2ccccc2)CC1)[C@H](c1ccccc1)[NH+]1CCOCC1. The predicted molar refractivity (Wildman–Crippen MR) is 123 cm³/mol. The molecule has 0 unspecified atom stereocenters. The van der Waals surface area contributed by atoms with Crippen molar-refractivity contribution >= 4 is 11.6 Å². The van der Waals surface area contributed by atoms with Gasteiger partial charge in [-0.2, -0.15) is 0 Å². The Hall–Kier alpha value is -2.41. The summed E-state index contributed by atoms with van der Waals surface area (Å²) in [5, 5.41) is 3.33. The number of hydrogen-bond donors (Lipinski definition) is 3. The summed E-state index contributed by atoms with van der Waals surface area (Å²) in [5.41, 5.74) is 2.56. The van der Waals surface area contributed by atoms with Crippen molar-refractivity contribution in [3.63, 3.8) is 0 Å². The number of nitrogens with zero attached hydrogens (tertiary/aromatic N) is 1. The summed E-state index contributed by atoms with van der Waals surface area (Å²) >= 11 is 0. The first-order valence-electron chi connectivity index (χ1n) is 11.6. The zero-order chi connectivity index (χ0) is 21.5. The minimum atomic E-state index is 0.0769. The van der Waals surface area contributed by atoms with Crippen molar-refractivity contribution in [1.82, 2.24) is 5.32 Å². The molecule has 0 bridgehead atoms. The van der Waals surface area contributed by atoms with Crippen molar-refractivity contribution in [2.75, 3.05) is 63.9 Å². The average Bonchev–Trinajstić information content (AvgIpc) is 2.82. The van der Waals surface area contributed by atoms with Crippen LogP contribution in [0.25, 0.3) is 0 Å². The van der Waals surface area contributed by atoms with Gasteiger partial charge in [0.1, 0.15) is 19.1 Å². The van der Waals surface area contributed by atoms with Gasteiger partial charge >= 0.3 is 0 Å². The van der Waals surface area contributed by atoms with Crippen LogP contribution in [0.3, 0.4) is 0 Å². The minimum Gasteiger partial charge on any atom is -0.370 e. The van der Waals surface area contributed by atoms with Gasteiger partial charge in [-0.3, -0.25) is 4.79 Å². The molecule has 166 valence electrons. The molecule has 2 aromatic carbocycles. The highest BCUT2D eigenvalue weighted by Crippen LogP contribution is 2.14. The molecule has 0 saturated carbocycles. The lowest BCUT2D eigenvalue weighted by atomic mass is 9.98. The van der Waals surface area contributed by atoms with Gasteiger partial charge in [-0.1, -0.05) is 48.5 Å². The first kappa shape index (κ1) is 21.8. The first-order valence-corrected chi connectivity index (χ1v) is 11.6. The van der Waals surface area contributed by atoms with E-state index in [1.165, 1.54) is 21.1 Å². The second-order valence-electron chi connectivity index (χ2n) is 8.76. The molecule has 3 N–H and O–H groups in total. The number of anilines is 1. The second kappa shape index (κ2) is 10.8. The highest BCUT2D eigenvalue weighted by atomic mass is 16.5. The van der Waals surface area contributed by atoms with Gasteiger partial charge in [-0.15, -0.1) is 0 Å². The molecule has 2 aromatic rings. The number of para-hydroxylation sites is 1. The first-order chi connectivity index (χ1) is 15.2. The molecule has 6 nitrogen and oxygen atoms in total. The molecular weight excluding hydrogens is 388 g/mol. The molecule has 2 aliphatic heterocycles. The lowest BCUT2D eigenvalue weighted by molar-refractivity contribution is -0.940. The van der Waals surface area contributed by atoms with E-state index in [0.717, 1.165) is 52.5 Å². The highest BCUT2D eigenvalue weighted by Gasteiger charge is 2.33. The third kappa shape index (κ3) is 5.85. The Bertz CT molecular complexity index is 803. The van der Waals surface area contributed by atoms with E-state index in [1.807, 2.05) is 0 Å². The van der Waals surface area contributed by atoms with Gasteiger partial charge in [0.2, 0.25) is 0 Å². The Morgan fingerprint density at radius 2 is 1.58 bits per heavy atom. The Balaban J connectivity index is 1.31. The third-order valence-electron chi connectivity index (χ3n) is 6.62. The van der Waals surface area contributed by atoms with Gasteiger partial charge in [-0.05, 0) is 19.1 Å². The maximum Gasteiger partial charge on any atom is 0.275 e. The number of quaternary nitrogens is 2. The lowest BCUT2D eigenvalue weighted by Crippen LogP contribution is -3.16. The molecule has 0 spiro atoms. The van der Waals surface area contributed by atoms with E-state index in [-0.39, 0.29) is 18.0 Å². The summed E-state index contributed by atoms with van der Waals surface area (Å²) < 4.78 is 5.57. The zero-order valence-electron chi connectivity index (χ0n) is 18.6. The van der Waals surface area contributed by atoms with E-state index in [2.05, 4.69) is 77.8 Å². The van der Waals surface area contributed by atoms with Crippen LogP contribution in [0.5, 0.6) is 0 Å². The maximum atomic E-state index is 12.9. The lowest BCUT2D eigenvalue weighted by Gasteiger charge is -2.36. The number of morpholine rings is 1.